The predicted molar refractivity (Wildman–Crippen MR) is 66.4 cm³/mol. The summed E-state index contributed by atoms with van der Waals surface area (Å²) in [4.78, 5) is 0. The van der Waals surface area contributed by atoms with E-state index in [1.54, 1.807) is 0 Å². The van der Waals surface area contributed by atoms with Gasteiger partial charge >= 0.3 is 0 Å². The molecule has 0 unspecified atom stereocenters. The molecule has 0 rings (SSSR count). The first kappa shape index (κ1) is 13.0. The molecule has 0 heteroatoms. The Hall–Kier alpha value is -1.04. The highest BCUT2D eigenvalue weighted by molar-refractivity contribution is 5.40. The molecule has 0 bridgehead atoms. The van der Waals surface area contributed by atoms with Crippen molar-refractivity contribution in [1.29, 1.82) is 0 Å². The average molecular weight is 190 g/mol. The van der Waals surface area contributed by atoms with Gasteiger partial charge in [-0.1, -0.05) is 42.9 Å². The fraction of sp³-hybridized carbons (Fsp3) is 0.429. The van der Waals surface area contributed by atoms with Crippen LogP contribution in [0.4, 0.5) is 0 Å². The van der Waals surface area contributed by atoms with Gasteiger partial charge in [0.05, 0.1) is 0 Å². The summed E-state index contributed by atoms with van der Waals surface area (Å²) in [6, 6.07) is 0. The van der Waals surface area contributed by atoms with E-state index in [2.05, 4.69) is 52.5 Å². The molecule has 0 atom stereocenters. The van der Waals surface area contributed by atoms with Crippen molar-refractivity contribution in [2.24, 2.45) is 0 Å². The summed E-state index contributed by atoms with van der Waals surface area (Å²) < 4.78 is 0. The minimum absolute atomic E-state index is 1.10. The molecule has 0 saturated carbocycles. The zero-order valence-electron chi connectivity index (χ0n) is 10.1. The van der Waals surface area contributed by atoms with Crippen molar-refractivity contribution < 1.29 is 0 Å². The molecule has 0 aliphatic rings. The van der Waals surface area contributed by atoms with E-state index in [4.69, 9.17) is 0 Å². The van der Waals surface area contributed by atoms with Gasteiger partial charge in [-0.05, 0) is 45.3 Å². The summed E-state index contributed by atoms with van der Waals surface area (Å²) in [5, 5.41) is 0. The molecule has 0 aromatic rings. The molecule has 0 aromatic carbocycles. The monoisotopic (exact) mass is 190 g/mol. The van der Waals surface area contributed by atoms with Gasteiger partial charge in [0.2, 0.25) is 0 Å². The zero-order valence-corrected chi connectivity index (χ0v) is 10.1. The molecule has 78 valence electrons. The summed E-state index contributed by atoms with van der Waals surface area (Å²) in [6.45, 7) is 14.7. The van der Waals surface area contributed by atoms with Gasteiger partial charge in [0.15, 0.2) is 0 Å². The van der Waals surface area contributed by atoms with Crippen molar-refractivity contribution in [1.82, 2.24) is 0 Å². The van der Waals surface area contributed by atoms with E-state index in [0.717, 1.165) is 12.0 Å². The second-order valence-corrected chi connectivity index (χ2v) is 3.65. The van der Waals surface area contributed by atoms with Gasteiger partial charge in [0.25, 0.3) is 0 Å². The van der Waals surface area contributed by atoms with Crippen LogP contribution in [0.5, 0.6) is 0 Å². The summed E-state index contributed by atoms with van der Waals surface area (Å²) in [5.74, 6) is 0. The minimum Gasteiger partial charge on any atom is -0.0915 e. The van der Waals surface area contributed by atoms with Gasteiger partial charge in [-0.25, -0.2) is 0 Å². The normalized spacial score (nSPS) is 14.5. The molecule has 0 fully saturated rings. The molecule has 0 heterocycles. The predicted octanol–water partition coefficient (Wildman–Crippen LogP) is 4.81. The number of allylic oxidation sites excluding steroid dienone is 7. The van der Waals surface area contributed by atoms with Crippen LogP contribution < -0.4 is 0 Å². The molecule has 14 heavy (non-hydrogen) atoms. The molecule has 0 amide bonds. The highest BCUT2D eigenvalue weighted by atomic mass is 14.0. The largest absolute Gasteiger partial charge is 0.0915 e. The molecule has 0 aliphatic carbocycles. The first-order valence-corrected chi connectivity index (χ1v) is 5.19. The maximum Gasteiger partial charge on any atom is -0.0300 e. The molecule has 0 spiro atoms. The Labute approximate surface area is 88.7 Å². The lowest BCUT2D eigenvalue weighted by molar-refractivity contribution is 1.06. The lowest BCUT2D eigenvalue weighted by Gasteiger charge is -2.05. The molecule has 0 N–H and O–H groups in total. The number of hydrogen-bond acceptors (Lipinski definition) is 0. The third-order valence-corrected chi connectivity index (χ3v) is 2.65. The number of rotatable bonds is 4. The Balaban J connectivity index is 4.59. The lowest BCUT2D eigenvalue weighted by Crippen LogP contribution is -1.85. The van der Waals surface area contributed by atoms with Crippen LogP contribution in [0.1, 0.15) is 41.0 Å². The molecule has 0 aromatic heterocycles. The SMILES string of the molecule is C=C(/C=C\C(C)=C/C)/C(C)=C(/C)CC. The number of hydrogen-bond donors (Lipinski definition) is 0. The van der Waals surface area contributed by atoms with Gasteiger partial charge < -0.3 is 0 Å². The Morgan fingerprint density at radius 1 is 1.14 bits per heavy atom. The van der Waals surface area contributed by atoms with Crippen LogP contribution in [0.25, 0.3) is 0 Å². The first-order valence-electron chi connectivity index (χ1n) is 5.19. The van der Waals surface area contributed by atoms with Gasteiger partial charge in [0, 0.05) is 0 Å². The van der Waals surface area contributed by atoms with E-state index >= 15 is 0 Å². The van der Waals surface area contributed by atoms with Gasteiger partial charge in [-0.15, -0.1) is 0 Å². The summed E-state index contributed by atoms with van der Waals surface area (Å²) in [7, 11) is 0. The standard InChI is InChI=1S/C14H22/c1-7-11(3)9-10-13(5)14(6)12(4)8-2/h7,9-10H,5,8H2,1-4,6H3/b10-9-,11-7-,14-12-. The molecule has 0 nitrogen and oxygen atoms in total. The summed E-state index contributed by atoms with van der Waals surface area (Å²) in [5.41, 5.74) is 5.11. The quantitative estimate of drug-likeness (QED) is 0.558. The lowest BCUT2D eigenvalue weighted by atomic mass is 10.0. The topological polar surface area (TPSA) is 0 Å². The second kappa shape index (κ2) is 6.42. The van der Waals surface area contributed by atoms with Crippen molar-refractivity contribution in [2.45, 2.75) is 41.0 Å². The highest BCUT2D eigenvalue weighted by Gasteiger charge is 1.96. The van der Waals surface area contributed by atoms with Crippen LogP contribution in [0.15, 0.2) is 47.1 Å². The molecular formula is C14H22. The smallest absolute Gasteiger partial charge is 0.0300 e. The van der Waals surface area contributed by atoms with Crippen molar-refractivity contribution in [2.75, 3.05) is 0 Å². The fourth-order valence-electron chi connectivity index (χ4n) is 0.993. The maximum absolute atomic E-state index is 4.06. The minimum atomic E-state index is 1.10. The van der Waals surface area contributed by atoms with Crippen LogP contribution >= 0.6 is 0 Å². The first-order chi connectivity index (χ1) is 6.52. The van der Waals surface area contributed by atoms with Crippen molar-refractivity contribution in [3.8, 4) is 0 Å². The molecule has 0 saturated heterocycles. The van der Waals surface area contributed by atoms with Crippen LogP contribution in [0, 0.1) is 0 Å². The highest BCUT2D eigenvalue weighted by Crippen LogP contribution is 2.16. The Morgan fingerprint density at radius 3 is 2.14 bits per heavy atom. The Bertz CT molecular complexity index is 285. The van der Waals surface area contributed by atoms with Gasteiger partial charge in [0.1, 0.15) is 0 Å². The molecule has 0 radical (unpaired) electrons. The van der Waals surface area contributed by atoms with Crippen molar-refractivity contribution in [3.63, 3.8) is 0 Å². The maximum atomic E-state index is 4.06. The van der Waals surface area contributed by atoms with Crippen molar-refractivity contribution >= 4 is 0 Å². The van der Waals surface area contributed by atoms with Crippen LogP contribution in [0.3, 0.4) is 0 Å². The van der Waals surface area contributed by atoms with E-state index in [9.17, 15) is 0 Å². The van der Waals surface area contributed by atoms with Crippen LogP contribution in [0.2, 0.25) is 0 Å². The van der Waals surface area contributed by atoms with E-state index in [1.807, 2.05) is 6.92 Å². The zero-order chi connectivity index (χ0) is 11.1. The van der Waals surface area contributed by atoms with Crippen molar-refractivity contribution in [3.05, 3.63) is 47.1 Å². The fourth-order valence-corrected chi connectivity index (χ4v) is 0.993. The average Bonchev–Trinajstić information content (AvgIpc) is 2.22. The molecule has 0 aliphatic heterocycles. The third-order valence-electron chi connectivity index (χ3n) is 2.65. The van der Waals surface area contributed by atoms with E-state index in [0.29, 0.717) is 0 Å². The second-order valence-electron chi connectivity index (χ2n) is 3.65. The Morgan fingerprint density at radius 2 is 1.71 bits per heavy atom. The van der Waals surface area contributed by atoms with E-state index in [-0.39, 0.29) is 0 Å². The summed E-state index contributed by atoms with van der Waals surface area (Å²) >= 11 is 0. The molecular weight excluding hydrogens is 168 g/mol. The van der Waals surface area contributed by atoms with Crippen LogP contribution in [-0.2, 0) is 0 Å². The van der Waals surface area contributed by atoms with Gasteiger partial charge in [-0.2, -0.15) is 0 Å². The van der Waals surface area contributed by atoms with Crippen LogP contribution in [-0.4, -0.2) is 0 Å². The third kappa shape index (κ3) is 4.27. The van der Waals surface area contributed by atoms with E-state index < -0.39 is 0 Å². The van der Waals surface area contributed by atoms with Gasteiger partial charge in [-0.3, -0.25) is 0 Å². The Kier molecular flexibility index (Phi) is 5.94. The summed E-state index contributed by atoms with van der Waals surface area (Å²) in [6.07, 6.45) is 7.38. The van der Waals surface area contributed by atoms with E-state index in [1.165, 1.54) is 16.7 Å².